The van der Waals surface area contributed by atoms with Gasteiger partial charge < -0.3 is 23.9 Å². The minimum atomic E-state index is -1.35. The maximum absolute atomic E-state index is 12.9. The maximum Gasteiger partial charge on any atom is 0.322 e. The van der Waals surface area contributed by atoms with Crippen LogP contribution in [-0.4, -0.2) is 45.3 Å². The van der Waals surface area contributed by atoms with E-state index in [1.54, 1.807) is 11.3 Å². The molecule has 0 atom stereocenters. The van der Waals surface area contributed by atoms with Gasteiger partial charge in [0.1, 0.15) is 5.76 Å². The SMILES string of the molecule is COc1nc(OC)c(NC(=O)c2ccc(Cc3cc4c(cc3C)CC[Si]4(C)C)o2)c(OC)n1. The number of nitrogens with one attached hydrogen (secondary N) is 1. The van der Waals surface area contributed by atoms with E-state index in [0.29, 0.717) is 6.42 Å². The van der Waals surface area contributed by atoms with Crippen LogP contribution in [0.2, 0.25) is 19.1 Å². The summed E-state index contributed by atoms with van der Waals surface area (Å²) in [7, 11) is 2.95. The van der Waals surface area contributed by atoms with Crippen molar-refractivity contribution in [3.63, 3.8) is 0 Å². The molecule has 3 heterocycles. The van der Waals surface area contributed by atoms with E-state index in [1.165, 1.54) is 50.5 Å². The van der Waals surface area contributed by atoms with Crippen LogP contribution >= 0.6 is 0 Å². The number of rotatable bonds is 7. The molecule has 1 N–H and O–H groups in total. The van der Waals surface area contributed by atoms with Gasteiger partial charge in [-0.25, -0.2) is 0 Å². The van der Waals surface area contributed by atoms with E-state index in [1.807, 2.05) is 6.07 Å². The quantitative estimate of drug-likeness (QED) is 0.529. The van der Waals surface area contributed by atoms with Crippen LogP contribution in [0.25, 0.3) is 0 Å². The number of fused-ring (bicyclic) bond motifs is 1. The molecule has 174 valence electrons. The number of methoxy groups -OCH3 is 3. The average molecular weight is 468 g/mol. The second-order valence-electron chi connectivity index (χ2n) is 8.82. The molecule has 0 saturated heterocycles. The Morgan fingerprint density at radius 3 is 2.42 bits per heavy atom. The Labute approximate surface area is 194 Å². The van der Waals surface area contributed by atoms with E-state index in [2.05, 4.69) is 47.4 Å². The lowest BCUT2D eigenvalue weighted by atomic mass is 10.0. The molecular weight excluding hydrogens is 438 g/mol. The summed E-state index contributed by atoms with van der Waals surface area (Å²) < 4.78 is 21.5. The number of benzene rings is 1. The van der Waals surface area contributed by atoms with Crippen molar-refractivity contribution in [3.8, 4) is 17.8 Å². The number of hydrogen-bond acceptors (Lipinski definition) is 7. The van der Waals surface area contributed by atoms with Gasteiger partial charge in [0.2, 0.25) is 11.8 Å². The van der Waals surface area contributed by atoms with Gasteiger partial charge in [0.05, 0.1) is 29.4 Å². The van der Waals surface area contributed by atoms with Crippen LogP contribution < -0.4 is 24.7 Å². The molecule has 9 heteroatoms. The van der Waals surface area contributed by atoms with E-state index < -0.39 is 14.0 Å². The summed E-state index contributed by atoms with van der Waals surface area (Å²) in [6.45, 7) is 7.00. The Morgan fingerprint density at radius 1 is 1.09 bits per heavy atom. The molecule has 0 unspecified atom stereocenters. The van der Waals surface area contributed by atoms with Crippen molar-refractivity contribution >= 4 is 24.9 Å². The van der Waals surface area contributed by atoms with Crippen molar-refractivity contribution < 1.29 is 23.4 Å². The Balaban J connectivity index is 1.55. The monoisotopic (exact) mass is 467 g/mol. The lowest BCUT2D eigenvalue weighted by molar-refractivity contribution is 0.0994. The van der Waals surface area contributed by atoms with Crippen molar-refractivity contribution in [2.45, 2.75) is 38.9 Å². The van der Waals surface area contributed by atoms with Gasteiger partial charge in [-0.3, -0.25) is 4.79 Å². The third kappa shape index (κ3) is 4.45. The van der Waals surface area contributed by atoms with Crippen LogP contribution in [-0.2, 0) is 12.8 Å². The molecule has 0 aliphatic carbocycles. The van der Waals surface area contributed by atoms with Crippen LogP contribution in [0.4, 0.5) is 5.69 Å². The number of nitrogens with zero attached hydrogens (tertiary/aromatic N) is 2. The van der Waals surface area contributed by atoms with Crippen molar-refractivity contribution in [2.24, 2.45) is 0 Å². The van der Waals surface area contributed by atoms with E-state index in [4.69, 9.17) is 18.6 Å². The number of anilines is 1. The van der Waals surface area contributed by atoms with Gasteiger partial charge in [0, 0.05) is 6.42 Å². The highest BCUT2D eigenvalue weighted by atomic mass is 28.3. The standard InChI is InChI=1S/C24H29N3O5Si/c1-14-11-15-9-10-33(5,6)19(15)13-16(14)12-17-7-8-18(32-17)21(28)25-20-22(29-2)26-24(31-4)27-23(20)30-3/h7-8,11,13H,9-10,12H2,1-6H3,(H,25,28). The number of hydrogen-bond donors (Lipinski definition) is 1. The fraction of sp³-hybridized carbons (Fsp3) is 0.375. The minimum absolute atomic E-state index is 0.0675. The number of ether oxygens (including phenoxy) is 3. The second-order valence-corrected chi connectivity index (χ2v) is 13.6. The summed E-state index contributed by atoms with van der Waals surface area (Å²) in [6, 6.07) is 9.55. The molecule has 33 heavy (non-hydrogen) atoms. The number of aryl methyl sites for hydroxylation is 2. The maximum atomic E-state index is 12.9. The molecule has 3 aromatic rings. The van der Waals surface area contributed by atoms with Gasteiger partial charge in [-0.1, -0.05) is 30.4 Å². The second kappa shape index (κ2) is 8.90. The molecule has 1 amide bonds. The van der Waals surface area contributed by atoms with Crippen LogP contribution in [0.15, 0.2) is 28.7 Å². The molecule has 4 rings (SSSR count). The van der Waals surface area contributed by atoms with Gasteiger partial charge >= 0.3 is 6.01 Å². The Bertz CT molecular complexity index is 1180. The zero-order valence-corrected chi connectivity index (χ0v) is 20.9. The summed E-state index contributed by atoms with van der Waals surface area (Å²) in [6.07, 6.45) is 1.82. The zero-order valence-electron chi connectivity index (χ0n) is 19.9. The van der Waals surface area contributed by atoms with Crippen molar-refractivity contribution in [2.75, 3.05) is 26.6 Å². The summed E-state index contributed by atoms with van der Waals surface area (Å²) in [5.74, 6) is 0.702. The molecule has 0 fully saturated rings. The number of aromatic nitrogens is 2. The van der Waals surface area contributed by atoms with Gasteiger partial charge in [-0.2, -0.15) is 9.97 Å². The zero-order chi connectivity index (χ0) is 23.8. The fourth-order valence-corrected chi connectivity index (χ4v) is 7.07. The highest BCUT2D eigenvalue weighted by Crippen LogP contribution is 2.33. The minimum Gasteiger partial charge on any atom is -0.479 e. The molecule has 1 aromatic carbocycles. The number of carbonyl (C=O) groups is 1. The van der Waals surface area contributed by atoms with Crippen molar-refractivity contribution in [1.82, 2.24) is 9.97 Å². The number of amides is 1. The molecule has 8 nitrogen and oxygen atoms in total. The molecule has 0 spiro atoms. The third-order valence-corrected chi connectivity index (χ3v) is 9.61. The first-order valence-corrected chi connectivity index (χ1v) is 14.0. The van der Waals surface area contributed by atoms with Gasteiger partial charge in [-0.15, -0.1) is 0 Å². The molecule has 1 aliphatic rings. The average Bonchev–Trinajstić information content (AvgIpc) is 3.38. The van der Waals surface area contributed by atoms with Gasteiger partial charge in [0.15, 0.2) is 11.4 Å². The summed E-state index contributed by atoms with van der Waals surface area (Å²) >= 11 is 0. The molecular formula is C24H29N3O5Si. The van der Waals surface area contributed by atoms with Gasteiger partial charge in [-0.05, 0) is 48.2 Å². The first-order valence-electron chi connectivity index (χ1n) is 10.8. The normalized spacial score (nSPS) is 14.0. The molecule has 0 radical (unpaired) electrons. The van der Waals surface area contributed by atoms with Crippen LogP contribution in [0, 0.1) is 6.92 Å². The van der Waals surface area contributed by atoms with Crippen LogP contribution in [0.1, 0.15) is 33.0 Å². The van der Waals surface area contributed by atoms with E-state index in [9.17, 15) is 4.79 Å². The highest BCUT2D eigenvalue weighted by molar-refractivity contribution is 6.91. The summed E-state index contributed by atoms with van der Waals surface area (Å²) in [5, 5.41) is 4.27. The highest BCUT2D eigenvalue weighted by Gasteiger charge is 2.32. The Kier molecular flexibility index (Phi) is 6.16. The third-order valence-electron chi connectivity index (χ3n) is 6.19. The van der Waals surface area contributed by atoms with Crippen LogP contribution in [0.3, 0.4) is 0 Å². The topological polar surface area (TPSA) is 95.7 Å². The lowest BCUT2D eigenvalue weighted by Gasteiger charge is -2.18. The predicted molar refractivity (Wildman–Crippen MR) is 128 cm³/mol. The largest absolute Gasteiger partial charge is 0.479 e. The van der Waals surface area contributed by atoms with Crippen molar-refractivity contribution in [3.05, 3.63) is 52.5 Å². The number of carbonyl (C=O) groups excluding carboxylic acids is 1. The van der Waals surface area contributed by atoms with E-state index in [0.717, 1.165) is 5.76 Å². The van der Waals surface area contributed by atoms with E-state index >= 15 is 0 Å². The van der Waals surface area contributed by atoms with Crippen LogP contribution in [0.5, 0.6) is 17.8 Å². The summed E-state index contributed by atoms with van der Waals surface area (Å²) in [5.41, 5.74) is 4.19. The van der Waals surface area contributed by atoms with Crippen molar-refractivity contribution in [1.29, 1.82) is 0 Å². The smallest absolute Gasteiger partial charge is 0.322 e. The Hall–Kier alpha value is -3.33. The molecule has 0 saturated carbocycles. The molecule has 1 aliphatic heterocycles. The fourth-order valence-electron chi connectivity index (χ4n) is 4.28. The molecule has 2 aromatic heterocycles. The first-order chi connectivity index (χ1) is 15.7. The Morgan fingerprint density at radius 2 is 1.79 bits per heavy atom. The lowest BCUT2D eigenvalue weighted by Crippen LogP contribution is -2.38. The molecule has 0 bridgehead atoms. The first kappa shape index (κ1) is 22.8. The summed E-state index contributed by atoms with van der Waals surface area (Å²) in [4.78, 5) is 21.1. The van der Waals surface area contributed by atoms with E-state index in [-0.39, 0.29) is 29.2 Å². The van der Waals surface area contributed by atoms with Gasteiger partial charge in [0.25, 0.3) is 5.91 Å². The predicted octanol–water partition coefficient (Wildman–Crippen LogP) is 3.72. The number of furan rings is 1.